The molecule has 1 fully saturated rings. The van der Waals surface area contributed by atoms with E-state index in [1.807, 2.05) is 11.8 Å². The van der Waals surface area contributed by atoms with E-state index < -0.39 is 0 Å². The molecule has 1 aromatic carbocycles. The topological polar surface area (TPSA) is 47.4 Å². The Kier molecular flexibility index (Phi) is 6.14. The molecule has 1 aliphatic rings. The standard InChI is InChI=1S/C19H23ClFN3O2/c1-14(10-24-12-16(20)9-22-24)19(25)23-8-4-5-15(11-23)13-26-18-7-3-2-6-17(18)21/h2-3,6-7,9,12,14-15H,4-5,8,10-11,13H2,1H3/t14-,15+/m0/s1. The Balaban J connectivity index is 1.52. The van der Waals surface area contributed by atoms with Crippen molar-refractivity contribution in [1.29, 1.82) is 0 Å². The van der Waals surface area contributed by atoms with Crippen LogP contribution in [-0.4, -0.2) is 40.3 Å². The van der Waals surface area contributed by atoms with Crippen LogP contribution in [0.15, 0.2) is 36.7 Å². The van der Waals surface area contributed by atoms with Crippen molar-refractivity contribution in [2.75, 3.05) is 19.7 Å². The van der Waals surface area contributed by atoms with Gasteiger partial charge < -0.3 is 9.64 Å². The average molecular weight is 380 g/mol. The molecule has 1 aliphatic heterocycles. The maximum atomic E-state index is 13.7. The molecule has 140 valence electrons. The van der Waals surface area contributed by atoms with Crippen LogP contribution in [0.5, 0.6) is 5.75 Å². The summed E-state index contributed by atoms with van der Waals surface area (Å²) in [6.45, 7) is 4.19. The van der Waals surface area contributed by atoms with Gasteiger partial charge in [0.2, 0.25) is 5.91 Å². The van der Waals surface area contributed by atoms with Gasteiger partial charge in [0.25, 0.3) is 0 Å². The van der Waals surface area contributed by atoms with Gasteiger partial charge in [-0.05, 0) is 25.0 Å². The van der Waals surface area contributed by atoms with Crippen LogP contribution in [0.1, 0.15) is 19.8 Å². The molecule has 1 amide bonds. The predicted octanol–water partition coefficient (Wildman–Crippen LogP) is 3.63. The summed E-state index contributed by atoms with van der Waals surface area (Å²) < 4.78 is 21.0. The maximum absolute atomic E-state index is 13.7. The lowest BCUT2D eigenvalue weighted by Gasteiger charge is -2.34. The van der Waals surface area contributed by atoms with E-state index in [0.717, 1.165) is 19.4 Å². The Morgan fingerprint density at radius 2 is 2.27 bits per heavy atom. The second-order valence-corrected chi connectivity index (χ2v) is 7.25. The minimum Gasteiger partial charge on any atom is -0.490 e. The Hall–Kier alpha value is -2.08. The third-order valence-corrected chi connectivity index (χ3v) is 4.82. The molecule has 3 rings (SSSR count). The van der Waals surface area contributed by atoms with Gasteiger partial charge >= 0.3 is 0 Å². The second kappa shape index (κ2) is 8.54. The van der Waals surface area contributed by atoms with Crippen molar-refractivity contribution in [3.05, 3.63) is 47.5 Å². The van der Waals surface area contributed by atoms with Gasteiger partial charge in [-0.15, -0.1) is 0 Å². The zero-order chi connectivity index (χ0) is 18.5. The van der Waals surface area contributed by atoms with E-state index >= 15 is 0 Å². The van der Waals surface area contributed by atoms with Crippen LogP contribution in [0, 0.1) is 17.7 Å². The van der Waals surface area contributed by atoms with E-state index in [-0.39, 0.29) is 29.3 Å². The fourth-order valence-electron chi connectivity index (χ4n) is 3.28. The smallest absolute Gasteiger partial charge is 0.227 e. The van der Waals surface area contributed by atoms with Crippen molar-refractivity contribution in [2.24, 2.45) is 11.8 Å². The van der Waals surface area contributed by atoms with Gasteiger partial charge in [0.1, 0.15) is 0 Å². The number of piperidine rings is 1. The highest BCUT2D eigenvalue weighted by Gasteiger charge is 2.27. The van der Waals surface area contributed by atoms with E-state index in [1.54, 1.807) is 35.3 Å². The number of benzene rings is 1. The number of carbonyl (C=O) groups is 1. The van der Waals surface area contributed by atoms with Crippen LogP contribution < -0.4 is 4.74 Å². The highest BCUT2D eigenvalue weighted by Crippen LogP contribution is 2.22. The summed E-state index contributed by atoms with van der Waals surface area (Å²) in [5, 5.41) is 4.69. The fourth-order valence-corrected chi connectivity index (χ4v) is 3.44. The molecule has 5 nitrogen and oxygen atoms in total. The number of hydrogen-bond acceptors (Lipinski definition) is 3. The third-order valence-electron chi connectivity index (χ3n) is 4.63. The highest BCUT2D eigenvalue weighted by atomic mass is 35.5. The Bertz CT molecular complexity index is 752. The monoisotopic (exact) mass is 379 g/mol. The molecule has 0 spiro atoms. The summed E-state index contributed by atoms with van der Waals surface area (Å²) >= 11 is 5.87. The summed E-state index contributed by atoms with van der Waals surface area (Å²) in [5.41, 5.74) is 0. The molecule has 2 aromatic rings. The van der Waals surface area contributed by atoms with Gasteiger partial charge in [0.05, 0.1) is 30.3 Å². The Morgan fingerprint density at radius 3 is 3.00 bits per heavy atom. The maximum Gasteiger partial charge on any atom is 0.227 e. The van der Waals surface area contributed by atoms with Gasteiger partial charge in [-0.2, -0.15) is 5.10 Å². The lowest BCUT2D eigenvalue weighted by atomic mass is 9.97. The molecular formula is C19H23ClFN3O2. The van der Waals surface area contributed by atoms with Crippen molar-refractivity contribution in [1.82, 2.24) is 14.7 Å². The first-order chi connectivity index (χ1) is 12.5. The summed E-state index contributed by atoms with van der Waals surface area (Å²) in [4.78, 5) is 14.6. The van der Waals surface area contributed by atoms with Gasteiger partial charge in [-0.3, -0.25) is 9.48 Å². The van der Waals surface area contributed by atoms with Gasteiger partial charge in [-0.1, -0.05) is 30.7 Å². The van der Waals surface area contributed by atoms with E-state index in [0.29, 0.717) is 24.7 Å². The third kappa shape index (κ3) is 4.75. The summed E-state index contributed by atoms with van der Waals surface area (Å²) in [6, 6.07) is 6.39. The molecule has 1 aromatic heterocycles. The summed E-state index contributed by atoms with van der Waals surface area (Å²) in [7, 11) is 0. The molecule has 7 heteroatoms. The molecule has 0 radical (unpaired) electrons. The summed E-state index contributed by atoms with van der Waals surface area (Å²) in [6.07, 6.45) is 5.18. The highest BCUT2D eigenvalue weighted by molar-refractivity contribution is 6.30. The molecule has 26 heavy (non-hydrogen) atoms. The number of halogens is 2. The predicted molar refractivity (Wildman–Crippen MR) is 97.6 cm³/mol. The van der Waals surface area contributed by atoms with Crippen LogP contribution in [0.3, 0.4) is 0 Å². The van der Waals surface area contributed by atoms with E-state index in [9.17, 15) is 9.18 Å². The molecule has 0 unspecified atom stereocenters. The molecular weight excluding hydrogens is 357 g/mol. The van der Waals surface area contributed by atoms with Crippen molar-refractivity contribution < 1.29 is 13.9 Å². The largest absolute Gasteiger partial charge is 0.490 e. The lowest BCUT2D eigenvalue weighted by molar-refractivity contribution is -0.137. The number of likely N-dealkylation sites (tertiary alicyclic amines) is 1. The van der Waals surface area contributed by atoms with Crippen LogP contribution in [-0.2, 0) is 11.3 Å². The number of nitrogens with zero attached hydrogens (tertiary/aromatic N) is 3. The first-order valence-electron chi connectivity index (χ1n) is 8.87. The van der Waals surface area contributed by atoms with Gasteiger partial charge in [0, 0.05) is 25.2 Å². The minimum atomic E-state index is -0.359. The Morgan fingerprint density at radius 1 is 1.46 bits per heavy atom. The lowest BCUT2D eigenvalue weighted by Crippen LogP contribution is -2.44. The van der Waals surface area contributed by atoms with Crippen molar-refractivity contribution in [3.63, 3.8) is 0 Å². The number of rotatable bonds is 6. The number of carbonyl (C=O) groups excluding carboxylic acids is 1. The van der Waals surface area contributed by atoms with Crippen LogP contribution in [0.4, 0.5) is 4.39 Å². The van der Waals surface area contributed by atoms with Crippen LogP contribution in [0.2, 0.25) is 5.02 Å². The normalized spacial score (nSPS) is 18.6. The van der Waals surface area contributed by atoms with Crippen molar-refractivity contribution in [3.8, 4) is 5.75 Å². The van der Waals surface area contributed by atoms with E-state index in [4.69, 9.17) is 16.3 Å². The average Bonchev–Trinajstić information content (AvgIpc) is 3.05. The first-order valence-corrected chi connectivity index (χ1v) is 9.25. The fraction of sp³-hybridized carbons (Fsp3) is 0.474. The van der Waals surface area contributed by atoms with Gasteiger partial charge in [0.15, 0.2) is 11.6 Å². The number of ether oxygens (including phenoxy) is 1. The zero-order valence-corrected chi connectivity index (χ0v) is 15.5. The van der Waals surface area contributed by atoms with Crippen molar-refractivity contribution >= 4 is 17.5 Å². The molecule has 0 N–H and O–H groups in total. The second-order valence-electron chi connectivity index (χ2n) is 6.82. The SMILES string of the molecule is C[C@@H](Cn1cc(Cl)cn1)C(=O)N1CCC[C@@H](COc2ccccc2F)C1. The quantitative estimate of drug-likeness (QED) is 0.770. The number of hydrogen-bond donors (Lipinski definition) is 0. The molecule has 2 atom stereocenters. The van der Waals surface area contributed by atoms with E-state index in [1.165, 1.54) is 6.07 Å². The van der Waals surface area contributed by atoms with Gasteiger partial charge in [-0.25, -0.2) is 4.39 Å². The zero-order valence-electron chi connectivity index (χ0n) is 14.8. The molecule has 0 aliphatic carbocycles. The number of amides is 1. The van der Waals surface area contributed by atoms with E-state index in [2.05, 4.69) is 5.10 Å². The molecule has 2 heterocycles. The number of aromatic nitrogens is 2. The van der Waals surface area contributed by atoms with Crippen LogP contribution in [0.25, 0.3) is 0 Å². The minimum absolute atomic E-state index is 0.104. The number of para-hydroxylation sites is 1. The van der Waals surface area contributed by atoms with Crippen LogP contribution >= 0.6 is 11.6 Å². The first kappa shape index (κ1) is 18.7. The Labute approximate surface area is 157 Å². The summed E-state index contributed by atoms with van der Waals surface area (Å²) in [5.74, 6) is 0.0331. The van der Waals surface area contributed by atoms with Crippen molar-refractivity contribution in [2.45, 2.75) is 26.3 Å². The molecule has 0 saturated carbocycles. The molecule has 1 saturated heterocycles. The molecule has 0 bridgehead atoms.